The third kappa shape index (κ3) is 6.15. The summed E-state index contributed by atoms with van der Waals surface area (Å²) in [5.41, 5.74) is 5.91. The number of aromatic nitrogens is 1. The van der Waals surface area contributed by atoms with Gasteiger partial charge in [-0.25, -0.2) is 26.9 Å². The molecule has 1 aliphatic heterocycles. The Morgan fingerprint density at radius 2 is 1.00 bits per heavy atom. The predicted molar refractivity (Wildman–Crippen MR) is 241 cm³/mol. The van der Waals surface area contributed by atoms with Gasteiger partial charge < -0.3 is 4.90 Å². The lowest BCUT2D eigenvalue weighted by atomic mass is 9.94. The Labute approximate surface area is 357 Å². The fourth-order valence-electron chi connectivity index (χ4n) is 8.48. The van der Waals surface area contributed by atoms with Gasteiger partial charge in [-0.05, 0) is 105 Å². The Morgan fingerprint density at radius 3 is 1.66 bits per heavy atom. The Bertz CT molecular complexity index is 3380. The van der Waals surface area contributed by atoms with Crippen LogP contribution in [0.3, 0.4) is 0 Å². The normalized spacial score (nSPS) is 11.9. The molecule has 2 heterocycles. The molecule has 0 amide bonds. The molecule has 0 bridgehead atoms. The lowest BCUT2D eigenvalue weighted by molar-refractivity contribution is 0.380. The Kier molecular flexibility index (Phi) is 9.01. The first kappa shape index (κ1) is 37.5. The van der Waals surface area contributed by atoms with Gasteiger partial charge in [0.05, 0.1) is 5.69 Å². The molecule has 62 heavy (non-hydrogen) atoms. The van der Waals surface area contributed by atoms with Gasteiger partial charge in [0, 0.05) is 49.4 Å². The van der Waals surface area contributed by atoms with Crippen LogP contribution >= 0.6 is 11.8 Å². The monoisotopic (exact) mass is 835 g/mol. The van der Waals surface area contributed by atoms with E-state index in [1.165, 1.54) is 17.6 Å². The topological polar surface area (TPSA) is 19.4 Å². The SMILES string of the molecule is Fc1c(F)c(F)c(N(c2ccc3ccccc3c2)c2ccc(-c3ccc4c(c3)Sc3cccc5c(N(c6ccccc6)c6ccc7ccccc7c6)ccc-4c35)cn2)c(F)c1F. The molecule has 1 aliphatic rings. The molecule has 9 heteroatoms. The smallest absolute Gasteiger partial charge is 0.200 e. The van der Waals surface area contributed by atoms with Gasteiger partial charge in [-0.2, -0.15) is 0 Å². The highest BCUT2D eigenvalue weighted by molar-refractivity contribution is 7.99. The van der Waals surface area contributed by atoms with Gasteiger partial charge >= 0.3 is 0 Å². The zero-order valence-corrected chi connectivity index (χ0v) is 33.3. The minimum atomic E-state index is -2.23. The molecule has 0 saturated heterocycles. The van der Waals surface area contributed by atoms with Crippen molar-refractivity contribution >= 4 is 78.3 Å². The first-order valence-corrected chi connectivity index (χ1v) is 20.6. The Hall–Kier alpha value is -7.49. The fourth-order valence-corrected chi connectivity index (χ4v) is 9.66. The van der Waals surface area contributed by atoms with Crippen molar-refractivity contribution in [2.24, 2.45) is 0 Å². The van der Waals surface area contributed by atoms with Crippen molar-refractivity contribution in [2.75, 3.05) is 9.80 Å². The maximum absolute atomic E-state index is 15.5. The Balaban J connectivity index is 0.981. The van der Waals surface area contributed by atoms with Gasteiger partial charge in [-0.15, -0.1) is 0 Å². The van der Waals surface area contributed by atoms with E-state index in [0.29, 0.717) is 10.9 Å². The summed E-state index contributed by atoms with van der Waals surface area (Å²) < 4.78 is 74.6. The predicted octanol–water partition coefficient (Wildman–Crippen LogP) is 16.0. The van der Waals surface area contributed by atoms with Crippen LogP contribution in [-0.4, -0.2) is 4.98 Å². The van der Waals surface area contributed by atoms with Crippen LogP contribution in [0.5, 0.6) is 0 Å². The quantitative estimate of drug-likeness (QED) is 0.0904. The fraction of sp³-hybridized carbons (Fsp3) is 0. The summed E-state index contributed by atoms with van der Waals surface area (Å²) in [6.45, 7) is 0. The van der Waals surface area contributed by atoms with E-state index in [4.69, 9.17) is 0 Å². The van der Waals surface area contributed by atoms with E-state index in [1.54, 1.807) is 48.2 Å². The summed E-state index contributed by atoms with van der Waals surface area (Å²) in [5, 5.41) is 6.13. The van der Waals surface area contributed by atoms with E-state index in [9.17, 15) is 13.2 Å². The third-order valence-corrected chi connectivity index (χ3v) is 12.5. The number of anilines is 6. The number of pyridine rings is 1. The first-order chi connectivity index (χ1) is 30.3. The van der Waals surface area contributed by atoms with E-state index in [1.807, 2.05) is 30.3 Å². The van der Waals surface area contributed by atoms with Crippen LogP contribution in [0.25, 0.3) is 54.6 Å². The van der Waals surface area contributed by atoms with E-state index in [-0.39, 0.29) is 11.5 Å². The molecule has 0 spiro atoms. The van der Waals surface area contributed by atoms with Crippen molar-refractivity contribution < 1.29 is 22.0 Å². The van der Waals surface area contributed by atoms with Gasteiger partial charge in [0.15, 0.2) is 23.3 Å². The van der Waals surface area contributed by atoms with E-state index >= 15 is 8.78 Å². The van der Waals surface area contributed by atoms with Gasteiger partial charge in [0.25, 0.3) is 0 Å². The molecule has 0 fully saturated rings. The molecule has 1 aromatic heterocycles. The number of hydrogen-bond donors (Lipinski definition) is 0. The number of halogens is 5. The molecule has 0 radical (unpaired) electrons. The summed E-state index contributed by atoms with van der Waals surface area (Å²) in [7, 11) is 0. The van der Waals surface area contributed by atoms with Crippen LogP contribution in [0.1, 0.15) is 0 Å². The van der Waals surface area contributed by atoms with Crippen molar-refractivity contribution in [1.29, 1.82) is 0 Å². The van der Waals surface area contributed by atoms with Crippen molar-refractivity contribution in [1.82, 2.24) is 4.98 Å². The second-order valence-electron chi connectivity index (χ2n) is 15.0. The number of para-hydroxylation sites is 1. The lowest BCUT2D eigenvalue weighted by Crippen LogP contribution is -2.18. The molecule has 0 aliphatic carbocycles. The van der Waals surface area contributed by atoms with Gasteiger partial charge in [0.2, 0.25) is 5.82 Å². The molecule has 10 aromatic rings. The maximum Gasteiger partial charge on any atom is 0.200 e. The van der Waals surface area contributed by atoms with Crippen molar-refractivity contribution in [3.8, 4) is 22.3 Å². The molecule has 3 nitrogen and oxygen atoms in total. The van der Waals surface area contributed by atoms with Crippen molar-refractivity contribution in [3.05, 3.63) is 211 Å². The van der Waals surface area contributed by atoms with Crippen molar-refractivity contribution in [3.63, 3.8) is 0 Å². The highest BCUT2D eigenvalue weighted by Crippen LogP contribution is 2.52. The molecule has 0 N–H and O–H groups in total. The number of nitrogens with zero attached hydrogens (tertiary/aromatic N) is 3. The number of rotatable bonds is 7. The van der Waals surface area contributed by atoms with Crippen LogP contribution in [0, 0.1) is 29.1 Å². The first-order valence-electron chi connectivity index (χ1n) is 19.8. The van der Waals surface area contributed by atoms with Gasteiger partial charge in [-0.1, -0.05) is 121 Å². The average molecular weight is 836 g/mol. The standard InChI is InChI=1S/C53H30F5N3S/c54-48-49(55)51(57)53(52(58)50(48)56)61(39-22-18-32-10-5-7-12-34(32)28-39)46-26-20-36(30-59-46)35-19-23-40-41-24-25-43(42-15-8-16-44(47(41)42)62-45(40)29-35)60(37-13-2-1-3-14-37)38-21-17-31-9-4-6-11-33(31)27-38/h1-30H. The van der Waals surface area contributed by atoms with E-state index < -0.39 is 34.8 Å². The Morgan fingerprint density at radius 1 is 0.403 bits per heavy atom. The van der Waals surface area contributed by atoms with Crippen molar-refractivity contribution in [2.45, 2.75) is 9.79 Å². The maximum atomic E-state index is 15.5. The number of hydrogen-bond acceptors (Lipinski definition) is 4. The molecule has 0 unspecified atom stereocenters. The summed E-state index contributed by atoms with van der Waals surface area (Å²) in [5.74, 6) is -10.3. The lowest BCUT2D eigenvalue weighted by Gasteiger charge is -2.29. The molecular weight excluding hydrogens is 806 g/mol. The molecular formula is C53H30F5N3S. The van der Waals surface area contributed by atoms with Crippen LogP contribution in [0.15, 0.2) is 192 Å². The number of fused-ring (bicyclic) bond motifs is 4. The summed E-state index contributed by atoms with van der Waals surface area (Å²) >= 11 is 1.68. The minimum absolute atomic E-state index is 0.0378. The summed E-state index contributed by atoms with van der Waals surface area (Å²) in [6, 6.07) is 57.6. The minimum Gasteiger partial charge on any atom is -0.310 e. The molecule has 298 valence electrons. The van der Waals surface area contributed by atoms with E-state index in [0.717, 1.165) is 70.0 Å². The van der Waals surface area contributed by atoms with Crippen LogP contribution in [0.4, 0.5) is 56.2 Å². The molecule has 9 aromatic carbocycles. The highest BCUT2D eigenvalue weighted by Gasteiger charge is 2.32. The van der Waals surface area contributed by atoms with E-state index in [2.05, 4.69) is 113 Å². The average Bonchev–Trinajstić information content (AvgIpc) is 3.32. The highest BCUT2D eigenvalue weighted by atomic mass is 32.2. The third-order valence-electron chi connectivity index (χ3n) is 11.4. The summed E-state index contributed by atoms with van der Waals surface area (Å²) in [6.07, 6.45) is 1.54. The zero-order chi connectivity index (χ0) is 42.1. The zero-order valence-electron chi connectivity index (χ0n) is 32.5. The molecule has 0 saturated carbocycles. The number of benzene rings is 9. The van der Waals surface area contributed by atoms with Crippen LogP contribution in [0.2, 0.25) is 0 Å². The second-order valence-corrected chi connectivity index (χ2v) is 16.1. The largest absolute Gasteiger partial charge is 0.310 e. The van der Waals surface area contributed by atoms with Crippen LogP contribution < -0.4 is 9.80 Å². The van der Waals surface area contributed by atoms with Crippen LogP contribution in [-0.2, 0) is 0 Å². The van der Waals surface area contributed by atoms with Gasteiger partial charge in [0.1, 0.15) is 11.5 Å². The molecule has 0 atom stereocenters. The summed E-state index contributed by atoms with van der Waals surface area (Å²) in [4.78, 5) is 9.98. The van der Waals surface area contributed by atoms with Gasteiger partial charge in [-0.3, -0.25) is 4.90 Å². The molecule has 11 rings (SSSR count). The second kappa shape index (κ2) is 14.9.